The molecule has 1 aliphatic carbocycles. The number of aryl methyl sites for hydroxylation is 2. The van der Waals surface area contributed by atoms with E-state index in [4.69, 9.17) is 0 Å². The maximum atomic E-state index is 12.4. The second-order valence-electron chi connectivity index (χ2n) is 7.70. The summed E-state index contributed by atoms with van der Waals surface area (Å²) >= 11 is 0. The quantitative estimate of drug-likeness (QED) is 0.772. The molecule has 3 aromatic rings. The van der Waals surface area contributed by atoms with Crippen LogP contribution >= 0.6 is 0 Å². The number of aromatic nitrogens is 1. The Labute approximate surface area is 154 Å². The van der Waals surface area contributed by atoms with Gasteiger partial charge in [-0.25, -0.2) is 0 Å². The summed E-state index contributed by atoms with van der Waals surface area (Å²) < 4.78 is 0. The maximum Gasteiger partial charge on any atom is 0.251 e. The fourth-order valence-electron chi connectivity index (χ4n) is 4.16. The van der Waals surface area contributed by atoms with Crippen LogP contribution in [0.4, 0.5) is 0 Å². The topological polar surface area (TPSA) is 36.1 Å². The molecule has 0 atom stereocenters. The minimum absolute atomic E-state index is 0.0961. The first-order chi connectivity index (χ1) is 12.5. The van der Waals surface area contributed by atoms with E-state index in [1.54, 1.807) is 0 Å². The normalized spacial score (nSPS) is 13.5. The van der Waals surface area contributed by atoms with Crippen LogP contribution in [-0.2, 0) is 19.3 Å². The number of benzene rings is 2. The highest BCUT2D eigenvalue weighted by molar-refractivity contribution is 5.99. The first-order valence-electron chi connectivity index (χ1n) is 9.46. The van der Waals surface area contributed by atoms with Crippen LogP contribution in [-0.4, -0.2) is 30.5 Å². The van der Waals surface area contributed by atoms with E-state index in [1.165, 1.54) is 33.2 Å². The molecule has 0 unspecified atom stereocenters. The molecule has 2 aromatic carbocycles. The van der Waals surface area contributed by atoms with Crippen molar-refractivity contribution in [3.8, 4) is 11.1 Å². The Bertz CT molecular complexity index is 1010. The number of fused-ring (bicyclic) bond motifs is 3. The molecule has 0 radical (unpaired) electrons. The molecule has 134 valence electrons. The first-order valence-corrected chi connectivity index (χ1v) is 9.46. The van der Waals surface area contributed by atoms with Crippen molar-refractivity contribution in [2.24, 2.45) is 0 Å². The van der Waals surface area contributed by atoms with Crippen LogP contribution < -0.4 is 5.56 Å². The number of likely N-dealkylation sites (N-methyl/N-ethyl adjacent to an activating group) is 1. The average molecular weight is 346 g/mol. The molecule has 0 spiro atoms. The molecule has 4 rings (SSSR count). The van der Waals surface area contributed by atoms with Gasteiger partial charge in [0.25, 0.3) is 5.56 Å². The third-order valence-corrected chi connectivity index (χ3v) is 5.55. The molecule has 1 aromatic heterocycles. The monoisotopic (exact) mass is 346 g/mol. The van der Waals surface area contributed by atoms with E-state index in [2.05, 4.69) is 67.3 Å². The smallest absolute Gasteiger partial charge is 0.251 e. The summed E-state index contributed by atoms with van der Waals surface area (Å²) in [5, 5.41) is 1.25. The zero-order valence-electron chi connectivity index (χ0n) is 15.9. The lowest BCUT2D eigenvalue weighted by atomic mass is 9.91. The summed E-state index contributed by atoms with van der Waals surface area (Å²) in [6.45, 7) is 3.22. The molecular formula is C23H26N2O. The van der Waals surface area contributed by atoms with Crippen molar-refractivity contribution in [2.75, 3.05) is 20.6 Å². The zero-order valence-corrected chi connectivity index (χ0v) is 15.9. The lowest BCUT2D eigenvalue weighted by Gasteiger charge is -2.15. The lowest BCUT2D eigenvalue weighted by molar-refractivity contribution is 0.413. The maximum absolute atomic E-state index is 12.4. The molecule has 0 aliphatic heterocycles. The Morgan fingerprint density at radius 2 is 1.73 bits per heavy atom. The largest absolute Gasteiger partial charge is 0.322 e. The van der Waals surface area contributed by atoms with Crippen molar-refractivity contribution in [3.63, 3.8) is 0 Å². The lowest BCUT2D eigenvalue weighted by Crippen LogP contribution is -2.15. The van der Waals surface area contributed by atoms with E-state index in [9.17, 15) is 4.79 Å². The number of nitrogens with one attached hydrogen (secondary N) is 1. The highest BCUT2D eigenvalue weighted by Crippen LogP contribution is 2.36. The molecule has 1 N–H and O–H groups in total. The van der Waals surface area contributed by atoms with Gasteiger partial charge in [-0.15, -0.1) is 0 Å². The number of rotatable bonds is 4. The van der Waals surface area contributed by atoms with Crippen LogP contribution in [0.25, 0.3) is 22.0 Å². The van der Waals surface area contributed by atoms with Gasteiger partial charge < -0.3 is 9.88 Å². The van der Waals surface area contributed by atoms with E-state index >= 15 is 0 Å². The number of hydrogen-bond donors (Lipinski definition) is 1. The summed E-state index contributed by atoms with van der Waals surface area (Å²) in [4.78, 5) is 17.7. The number of hydrogen-bond acceptors (Lipinski definition) is 2. The van der Waals surface area contributed by atoms with E-state index in [0.717, 1.165) is 43.3 Å². The van der Waals surface area contributed by atoms with Gasteiger partial charge in [-0.1, -0.05) is 30.3 Å². The summed E-state index contributed by atoms with van der Waals surface area (Å²) in [6.07, 6.45) is 4.05. The predicted molar refractivity (Wildman–Crippen MR) is 109 cm³/mol. The Morgan fingerprint density at radius 1 is 1.00 bits per heavy atom. The molecule has 0 amide bonds. The predicted octanol–water partition coefficient (Wildman–Crippen LogP) is 4.10. The molecule has 3 nitrogen and oxygen atoms in total. The van der Waals surface area contributed by atoms with Crippen molar-refractivity contribution in [2.45, 2.75) is 32.6 Å². The van der Waals surface area contributed by atoms with Crippen LogP contribution in [0, 0.1) is 6.92 Å². The van der Waals surface area contributed by atoms with Gasteiger partial charge in [0.05, 0.1) is 0 Å². The van der Waals surface area contributed by atoms with Gasteiger partial charge in [-0.3, -0.25) is 4.79 Å². The SMILES string of the molecule is Cc1ccc2[nH]c(=O)c3c(c2c1-c1ccc(CCN(C)C)cc1)CCC3. The van der Waals surface area contributed by atoms with Crippen molar-refractivity contribution in [1.82, 2.24) is 9.88 Å². The molecule has 1 aliphatic rings. The fraction of sp³-hybridized carbons (Fsp3) is 0.348. The van der Waals surface area contributed by atoms with Crippen LogP contribution in [0.2, 0.25) is 0 Å². The highest BCUT2D eigenvalue weighted by Gasteiger charge is 2.21. The van der Waals surface area contributed by atoms with Gasteiger partial charge in [-0.2, -0.15) is 0 Å². The van der Waals surface area contributed by atoms with Gasteiger partial charge in [-0.05, 0) is 80.6 Å². The van der Waals surface area contributed by atoms with Gasteiger partial charge in [0.15, 0.2) is 0 Å². The van der Waals surface area contributed by atoms with E-state index < -0.39 is 0 Å². The van der Waals surface area contributed by atoms with E-state index in [1.807, 2.05) is 0 Å². The molecule has 3 heteroatoms. The fourth-order valence-corrected chi connectivity index (χ4v) is 4.16. The highest BCUT2D eigenvalue weighted by atomic mass is 16.1. The Hall–Kier alpha value is -2.39. The standard InChI is InChI=1S/C23H26N2O/c1-15-7-12-20-22(18-5-4-6-19(18)23(26)24-20)21(15)17-10-8-16(9-11-17)13-14-25(2)3/h7-12H,4-6,13-14H2,1-3H3,(H,24,26). The summed E-state index contributed by atoms with van der Waals surface area (Å²) in [5.41, 5.74) is 8.45. The minimum atomic E-state index is 0.0961. The zero-order chi connectivity index (χ0) is 18.3. The Morgan fingerprint density at radius 3 is 2.46 bits per heavy atom. The van der Waals surface area contributed by atoms with Crippen molar-refractivity contribution < 1.29 is 0 Å². The second kappa shape index (κ2) is 6.73. The molecule has 0 bridgehead atoms. The average Bonchev–Trinajstić information content (AvgIpc) is 3.12. The molecular weight excluding hydrogens is 320 g/mol. The molecule has 1 heterocycles. The summed E-state index contributed by atoms with van der Waals surface area (Å²) in [6, 6.07) is 13.1. The van der Waals surface area contributed by atoms with E-state index in [0.29, 0.717) is 0 Å². The van der Waals surface area contributed by atoms with Gasteiger partial charge in [0.2, 0.25) is 0 Å². The van der Waals surface area contributed by atoms with Crippen LogP contribution in [0.15, 0.2) is 41.2 Å². The van der Waals surface area contributed by atoms with Gasteiger partial charge in [0, 0.05) is 23.0 Å². The first kappa shape index (κ1) is 17.0. The number of nitrogens with zero attached hydrogens (tertiary/aromatic N) is 1. The number of aromatic amines is 1. The third-order valence-electron chi connectivity index (χ3n) is 5.55. The van der Waals surface area contributed by atoms with Crippen molar-refractivity contribution >= 4 is 10.9 Å². The Balaban J connectivity index is 1.85. The van der Waals surface area contributed by atoms with Gasteiger partial charge >= 0.3 is 0 Å². The summed E-state index contributed by atoms with van der Waals surface area (Å²) in [7, 11) is 4.21. The molecule has 0 saturated carbocycles. The second-order valence-corrected chi connectivity index (χ2v) is 7.70. The van der Waals surface area contributed by atoms with Crippen molar-refractivity contribution in [3.05, 3.63) is 69.0 Å². The van der Waals surface area contributed by atoms with Crippen LogP contribution in [0.5, 0.6) is 0 Å². The third kappa shape index (κ3) is 2.97. The van der Waals surface area contributed by atoms with Crippen molar-refractivity contribution in [1.29, 1.82) is 0 Å². The van der Waals surface area contributed by atoms with Crippen LogP contribution in [0.3, 0.4) is 0 Å². The van der Waals surface area contributed by atoms with E-state index in [-0.39, 0.29) is 5.56 Å². The molecule has 0 fully saturated rings. The molecule has 26 heavy (non-hydrogen) atoms. The van der Waals surface area contributed by atoms with Gasteiger partial charge in [0.1, 0.15) is 0 Å². The minimum Gasteiger partial charge on any atom is -0.322 e. The summed E-state index contributed by atoms with van der Waals surface area (Å²) in [5.74, 6) is 0. The molecule has 0 saturated heterocycles. The Kier molecular flexibility index (Phi) is 4.41. The number of H-pyrrole nitrogens is 1. The van der Waals surface area contributed by atoms with Crippen LogP contribution in [0.1, 0.15) is 28.7 Å². The number of pyridine rings is 1.